The summed E-state index contributed by atoms with van der Waals surface area (Å²) in [6.07, 6.45) is 10.7. The lowest BCUT2D eigenvalue weighted by atomic mass is 9.95. The molecule has 1 fully saturated rings. The maximum absolute atomic E-state index is 12.1. The van der Waals surface area contributed by atoms with Crippen molar-refractivity contribution in [2.45, 2.75) is 44.8 Å². The van der Waals surface area contributed by atoms with Crippen molar-refractivity contribution in [1.29, 1.82) is 0 Å². The van der Waals surface area contributed by atoms with Gasteiger partial charge in [-0.15, -0.1) is 0 Å². The van der Waals surface area contributed by atoms with E-state index in [1.165, 1.54) is 6.33 Å². The van der Waals surface area contributed by atoms with Gasteiger partial charge in [0.1, 0.15) is 23.9 Å². The van der Waals surface area contributed by atoms with Crippen molar-refractivity contribution in [2.24, 2.45) is 4.36 Å². The van der Waals surface area contributed by atoms with Crippen LogP contribution in [-0.4, -0.2) is 51.0 Å². The number of nitrogens with zero attached hydrogens (tertiary/aromatic N) is 4. The fraction of sp³-hybridized carbons (Fsp3) is 0.435. The molecule has 1 N–H and O–H groups in total. The smallest absolute Gasteiger partial charge is 0.238 e. The van der Waals surface area contributed by atoms with Crippen molar-refractivity contribution in [2.75, 3.05) is 24.9 Å². The minimum Gasteiger partial charge on any atom is -0.473 e. The molecule has 2 aromatic heterocycles. The molecule has 0 saturated heterocycles. The van der Waals surface area contributed by atoms with E-state index >= 15 is 0 Å². The minimum absolute atomic E-state index is 0.114. The van der Waals surface area contributed by atoms with Crippen LogP contribution < -0.4 is 10.1 Å². The highest BCUT2D eigenvalue weighted by molar-refractivity contribution is 7.92. The Morgan fingerprint density at radius 2 is 1.84 bits per heavy atom. The van der Waals surface area contributed by atoms with Gasteiger partial charge >= 0.3 is 0 Å². The molecule has 9 heteroatoms. The Morgan fingerprint density at radius 1 is 1.09 bits per heavy atom. The fourth-order valence-electron chi connectivity index (χ4n) is 4.03. The summed E-state index contributed by atoms with van der Waals surface area (Å²) in [7, 11) is -0.499. The van der Waals surface area contributed by atoms with Crippen LogP contribution in [0.5, 0.6) is 5.88 Å². The highest BCUT2D eigenvalue weighted by Crippen LogP contribution is 2.34. The van der Waals surface area contributed by atoms with Crippen LogP contribution >= 0.6 is 0 Å². The molecule has 1 saturated carbocycles. The van der Waals surface area contributed by atoms with Crippen LogP contribution in [0, 0.1) is 6.92 Å². The van der Waals surface area contributed by atoms with Crippen LogP contribution in [0.15, 0.2) is 41.2 Å². The molecule has 0 amide bonds. The molecule has 0 bridgehead atoms. The molecular formula is C23H29N5O3S. The lowest BCUT2D eigenvalue weighted by molar-refractivity contribution is 0.0317. The number of rotatable bonds is 6. The summed E-state index contributed by atoms with van der Waals surface area (Å²) in [5, 5.41) is 4.26. The SMILES string of the molecule is COC1CCC(Oc2ncccc2Nc2ncnc3cc(N=S(C)(C)=O)cc(C)c23)CC1. The van der Waals surface area contributed by atoms with Gasteiger partial charge in [-0.1, -0.05) is 0 Å². The highest BCUT2D eigenvalue weighted by Gasteiger charge is 2.23. The van der Waals surface area contributed by atoms with E-state index in [9.17, 15) is 4.21 Å². The number of hydrogen-bond donors (Lipinski definition) is 1. The largest absolute Gasteiger partial charge is 0.473 e. The normalized spacial score (nSPS) is 19.0. The van der Waals surface area contributed by atoms with Crippen molar-refractivity contribution in [3.8, 4) is 5.88 Å². The Balaban J connectivity index is 1.62. The average molecular weight is 456 g/mol. The Morgan fingerprint density at radius 3 is 2.56 bits per heavy atom. The lowest BCUT2D eigenvalue weighted by Crippen LogP contribution is -2.28. The van der Waals surface area contributed by atoms with E-state index in [2.05, 4.69) is 24.6 Å². The first kappa shape index (κ1) is 22.4. The minimum atomic E-state index is -2.26. The Bertz CT molecular complexity index is 1220. The zero-order chi connectivity index (χ0) is 22.7. The van der Waals surface area contributed by atoms with Crippen molar-refractivity contribution in [3.63, 3.8) is 0 Å². The summed E-state index contributed by atoms with van der Waals surface area (Å²) in [4.78, 5) is 13.3. The second-order valence-electron chi connectivity index (χ2n) is 8.39. The van der Waals surface area contributed by atoms with Gasteiger partial charge in [0.2, 0.25) is 5.88 Å². The molecule has 2 heterocycles. The molecule has 170 valence electrons. The Labute approximate surface area is 189 Å². The molecule has 32 heavy (non-hydrogen) atoms. The molecule has 0 spiro atoms. The van der Waals surface area contributed by atoms with Crippen LogP contribution in [-0.2, 0) is 14.5 Å². The van der Waals surface area contributed by atoms with E-state index in [-0.39, 0.29) is 6.10 Å². The number of benzene rings is 1. The summed E-state index contributed by atoms with van der Waals surface area (Å²) in [6.45, 7) is 1.97. The number of nitrogens with one attached hydrogen (secondary N) is 1. The molecule has 1 aliphatic carbocycles. The number of aromatic nitrogens is 3. The average Bonchev–Trinajstić information content (AvgIpc) is 2.74. The summed E-state index contributed by atoms with van der Waals surface area (Å²) in [5.41, 5.74) is 3.07. The van der Waals surface area contributed by atoms with Crippen LogP contribution in [0.25, 0.3) is 10.9 Å². The topological polar surface area (TPSA) is 98.6 Å². The number of fused-ring (bicyclic) bond motifs is 1. The third-order valence-corrected chi connectivity index (χ3v) is 6.15. The monoisotopic (exact) mass is 455 g/mol. The van der Waals surface area contributed by atoms with Crippen LogP contribution in [0.2, 0.25) is 0 Å². The molecule has 0 aliphatic heterocycles. The number of anilines is 2. The van der Waals surface area contributed by atoms with Crippen molar-refractivity contribution in [3.05, 3.63) is 42.4 Å². The number of aryl methyl sites for hydroxylation is 1. The molecule has 1 aromatic carbocycles. The molecule has 1 aliphatic rings. The van der Waals surface area contributed by atoms with E-state index in [1.807, 2.05) is 31.2 Å². The van der Waals surface area contributed by atoms with Gasteiger partial charge in [0.25, 0.3) is 0 Å². The van der Waals surface area contributed by atoms with Gasteiger partial charge in [0.05, 0.1) is 17.3 Å². The predicted molar refractivity (Wildman–Crippen MR) is 128 cm³/mol. The van der Waals surface area contributed by atoms with E-state index in [0.29, 0.717) is 23.5 Å². The first-order chi connectivity index (χ1) is 15.3. The number of pyridine rings is 1. The predicted octanol–water partition coefficient (Wildman–Crippen LogP) is 4.77. The molecular weight excluding hydrogens is 426 g/mol. The van der Waals surface area contributed by atoms with Gasteiger partial charge in [-0.25, -0.2) is 19.2 Å². The van der Waals surface area contributed by atoms with Gasteiger partial charge in [-0.2, -0.15) is 4.36 Å². The van der Waals surface area contributed by atoms with E-state index in [1.54, 1.807) is 25.8 Å². The number of methoxy groups -OCH3 is 1. The molecule has 0 atom stereocenters. The van der Waals surface area contributed by atoms with E-state index < -0.39 is 9.73 Å². The molecule has 3 aromatic rings. The zero-order valence-electron chi connectivity index (χ0n) is 18.9. The Kier molecular flexibility index (Phi) is 6.57. The Hall–Kier alpha value is -2.78. The van der Waals surface area contributed by atoms with Crippen LogP contribution in [0.3, 0.4) is 0 Å². The highest BCUT2D eigenvalue weighted by atomic mass is 32.2. The van der Waals surface area contributed by atoms with Gasteiger partial charge in [-0.3, -0.25) is 0 Å². The first-order valence-corrected chi connectivity index (χ1v) is 13.0. The lowest BCUT2D eigenvalue weighted by Gasteiger charge is -2.28. The van der Waals surface area contributed by atoms with Crippen molar-refractivity contribution in [1.82, 2.24) is 15.0 Å². The maximum atomic E-state index is 12.1. The van der Waals surface area contributed by atoms with E-state index in [0.717, 1.165) is 47.8 Å². The van der Waals surface area contributed by atoms with Crippen molar-refractivity contribution < 1.29 is 13.7 Å². The summed E-state index contributed by atoms with van der Waals surface area (Å²) >= 11 is 0. The van der Waals surface area contributed by atoms with Gasteiger partial charge < -0.3 is 14.8 Å². The second kappa shape index (κ2) is 9.38. The molecule has 8 nitrogen and oxygen atoms in total. The standard InChI is InChI=1S/C23H29N5O3S/c1-15-12-16(28-32(3,4)29)13-20-21(15)22(26-14-25-20)27-19-6-5-11-24-23(19)31-18-9-7-17(30-2)8-10-18/h5-6,11-14,17-18H,7-10H2,1-4H3,(H,25,26,27). The second-order valence-corrected chi connectivity index (χ2v) is 10.9. The molecule has 0 radical (unpaired) electrons. The van der Waals surface area contributed by atoms with Crippen molar-refractivity contribution >= 4 is 37.8 Å². The molecule has 0 unspecified atom stereocenters. The van der Waals surface area contributed by atoms with Crippen LogP contribution in [0.4, 0.5) is 17.2 Å². The third-order valence-electron chi connectivity index (χ3n) is 5.50. The molecule has 4 rings (SSSR count). The fourth-order valence-corrected chi connectivity index (χ4v) is 4.64. The summed E-state index contributed by atoms with van der Waals surface area (Å²) < 4.78 is 28.1. The zero-order valence-corrected chi connectivity index (χ0v) is 19.7. The quantitative estimate of drug-likeness (QED) is 0.571. The van der Waals surface area contributed by atoms with Gasteiger partial charge in [0.15, 0.2) is 0 Å². The third kappa shape index (κ3) is 5.34. The number of hydrogen-bond acceptors (Lipinski definition) is 8. The van der Waals surface area contributed by atoms with Gasteiger partial charge in [-0.05, 0) is 62.4 Å². The van der Waals surface area contributed by atoms with Crippen LogP contribution in [0.1, 0.15) is 31.2 Å². The maximum Gasteiger partial charge on any atom is 0.238 e. The first-order valence-electron chi connectivity index (χ1n) is 10.7. The van der Waals surface area contributed by atoms with Gasteiger partial charge in [0, 0.05) is 40.9 Å². The number of ether oxygens (including phenoxy) is 2. The van der Waals surface area contributed by atoms with E-state index in [4.69, 9.17) is 9.47 Å². The summed E-state index contributed by atoms with van der Waals surface area (Å²) in [6, 6.07) is 7.53. The summed E-state index contributed by atoms with van der Waals surface area (Å²) in [5.74, 6) is 1.22.